The number of carbonyl (C=O) groups excluding carboxylic acids is 2. The van der Waals surface area contributed by atoms with Crippen LogP contribution in [-0.4, -0.2) is 77.5 Å². The summed E-state index contributed by atoms with van der Waals surface area (Å²) in [6, 6.07) is 11.4. The van der Waals surface area contributed by atoms with Crippen LogP contribution in [0.2, 0.25) is 10.0 Å². The molecule has 0 spiro atoms. The second-order valence-corrected chi connectivity index (χ2v) is 16.8. The first-order valence-electron chi connectivity index (χ1n) is 20.0. The molecule has 296 valence electrons. The Labute approximate surface area is 337 Å². The number of carbonyl (C=O) groups is 3. The minimum absolute atomic E-state index is 0.195. The van der Waals surface area contributed by atoms with Crippen molar-refractivity contribution >= 4 is 52.4 Å². The maximum absolute atomic E-state index is 13.7. The van der Waals surface area contributed by atoms with Crippen molar-refractivity contribution in [2.45, 2.75) is 89.8 Å². The maximum atomic E-state index is 13.7. The number of aliphatic carboxylic acids is 1. The highest BCUT2D eigenvalue weighted by Crippen LogP contribution is 2.41. The molecular formula is C42H50Cl2N8O4. The van der Waals surface area contributed by atoms with E-state index < -0.39 is 5.97 Å². The zero-order valence-corrected chi connectivity index (χ0v) is 33.6. The lowest BCUT2D eigenvalue weighted by molar-refractivity contribution is -0.143. The van der Waals surface area contributed by atoms with Crippen LogP contribution in [0.3, 0.4) is 0 Å². The van der Waals surface area contributed by atoms with Gasteiger partial charge in [-0.15, -0.1) is 0 Å². The number of carboxylic acid groups (broad SMARTS) is 1. The van der Waals surface area contributed by atoms with Gasteiger partial charge in [0.2, 0.25) is 0 Å². The normalized spacial score (nSPS) is 20.4. The van der Waals surface area contributed by atoms with Gasteiger partial charge in [-0.25, -0.2) is 9.97 Å². The Balaban J connectivity index is 0.924. The molecule has 0 saturated heterocycles. The second-order valence-electron chi connectivity index (χ2n) is 16.0. The zero-order chi connectivity index (χ0) is 39.1. The molecule has 14 heteroatoms. The van der Waals surface area contributed by atoms with Crippen LogP contribution in [0.4, 0.5) is 11.4 Å². The Morgan fingerprint density at radius 1 is 0.750 bits per heavy atom. The average molecular weight is 802 g/mol. The van der Waals surface area contributed by atoms with Gasteiger partial charge in [0.15, 0.2) is 11.6 Å². The molecule has 4 heterocycles. The van der Waals surface area contributed by atoms with E-state index in [2.05, 4.69) is 20.4 Å². The molecule has 2 aliphatic carbocycles. The predicted molar refractivity (Wildman–Crippen MR) is 217 cm³/mol. The summed E-state index contributed by atoms with van der Waals surface area (Å²) in [6.07, 6.45) is 11.2. The van der Waals surface area contributed by atoms with Crippen LogP contribution in [-0.2, 0) is 44.8 Å². The Hall–Kier alpha value is -4.23. The van der Waals surface area contributed by atoms with Gasteiger partial charge in [-0.1, -0.05) is 60.3 Å². The van der Waals surface area contributed by atoms with E-state index >= 15 is 0 Å². The maximum Gasteiger partial charge on any atom is 0.306 e. The van der Waals surface area contributed by atoms with Crippen molar-refractivity contribution in [2.75, 3.05) is 30.3 Å². The first kappa shape index (κ1) is 38.6. The lowest BCUT2D eigenvalue weighted by atomic mass is 9.80. The number of fused-ring (bicyclic) bond motifs is 2. The second kappa shape index (κ2) is 16.3. The minimum atomic E-state index is -0.668. The van der Waals surface area contributed by atoms with Crippen LogP contribution >= 0.6 is 23.2 Å². The highest BCUT2D eigenvalue weighted by Gasteiger charge is 2.32. The van der Waals surface area contributed by atoms with E-state index in [1.165, 1.54) is 25.7 Å². The summed E-state index contributed by atoms with van der Waals surface area (Å²) in [5.41, 5.74) is 6.11. The molecule has 2 aliphatic heterocycles. The van der Waals surface area contributed by atoms with E-state index in [0.717, 1.165) is 93.9 Å². The van der Waals surface area contributed by atoms with Gasteiger partial charge in [-0.3, -0.25) is 24.2 Å². The van der Waals surface area contributed by atoms with Crippen molar-refractivity contribution in [3.05, 3.63) is 80.9 Å². The van der Waals surface area contributed by atoms with E-state index in [9.17, 15) is 19.5 Å². The lowest BCUT2D eigenvalue weighted by Crippen LogP contribution is -2.38. The first-order chi connectivity index (χ1) is 27.0. The molecule has 4 aromatic rings. The molecule has 4 aliphatic rings. The fourth-order valence-electron chi connectivity index (χ4n) is 9.40. The number of hydrogen-bond acceptors (Lipinski definition) is 7. The quantitative estimate of drug-likeness (QED) is 0.149. The zero-order valence-electron chi connectivity index (χ0n) is 32.1. The monoisotopic (exact) mass is 800 g/mol. The molecule has 2 saturated carbocycles. The molecule has 0 unspecified atom stereocenters. The lowest BCUT2D eigenvalue weighted by Gasteiger charge is -2.31. The summed E-state index contributed by atoms with van der Waals surface area (Å²) < 4.78 is 3.78. The standard InChI is InChI=1S/C42H50Cl2N8O4/c1-49-34-18-21-51(20-17-25-13-15-26(16-14-25)42(55)56)23-32(34)45-38(49)40(53)47-30-11-5-9-28(36(30)43)29-10-6-12-31(37(29)44)48-41(54)39-46-33-24-52(27-7-3-4-8-27)22-19-35(33)50(39)2/h5-6,9-12,25-27H,3-4,7-8,13-24H2,1-2H3,(H,47,53)(H,48,54)(H,55,56)/t25-,26-. The first-order valence-corrected chi connectivity index (χ1v) is 20.8. The average Bonchev–Trinajstić information content (AvgIpc) is 3.94. The SMILES string of the molecule is Cn1c(C(=O)Nc2cccc(-c3cccc(NC(=O)c4nc5c(n4C)CCN(C4CCCC4)C5)c3Cl)c2Cl)nc2c1CCN(CC[C@H]1CC[C@H](C(=O)O)CC1)C2. The third-order valence-corrected chi connectivity index (χ3v) is 13.5. The molecule has 12 nitrogen and oxygen atoms in total. The Morgan fingerprint density at radius 2 is 1.29 bits per heavy atom. The van der Waals surface area contributed by atoms with Gasteiger partial charge in [-0.05, 0) is 69.5 Å². The highest BCUT2D eigenvalue weighted by molar-refractivity contribution is 6.40. The molecule has 0 radical (unpaired) electrons. The Kier molecular flexibility index (Phi) is 11.3. The number of aromatic nitrogens is 4. The van der Waals surface area contributed by atoms with E-state index in [-0.39, 0.29) is 17.7 Å². The number of anilines is 2. The fourth-order valence-corrected chi connectivity index (χ4v) is 9.95. The van der Waals surface area contributed by atoms with Gasteiger partial charge in [0.25, 0.3) is 11.8 Å². The molecular weight excluding hydrogens is 751 g/mol. The molecule has 56 heavy (non-hydrogen) atoms. The van der Waals surface area contributed by atoms with Gasteiger partial charge < -0.3 is 24.9 Å². The Bertz CT molecular complexity index is 2150. The summed E-state index contributed by atoms with van der Waals surface area (Å²) in [5, 5.41) is 15.9. The number of carboxylic acids is 1. The number of rotatable bonds is 10. The van der Waals surface area contributed by atoms with Crippen molar-refractivity contribution < 1.29 is 19.5 Å². The number of benzene rings is 2. The van der Waals surface area contributed by atoms with Gasteiger partial charge >= 0.3 is 5.97 Å². The summed E-state index contributed by atoms with van der Waals surface area (Å²) in [4.78, 5) is 53.2. The van der Waals surface area contributed by atoms with Crippen molar-refractivity contribution in [1.82, 2.24) is 28.9 Å². The third-order valence-electron chi connectivity index (χ3n) is 12.7. The molecule has 2 amide bonds. The predicted octanol–water partition coefficient (Wildman–Crippen LogP) is 7.57. The van der Waals surface area contributed by atoms with Crippen molar-refractivity contribution in [3.8, 4) is 11.1 Å². The van der Waals surface area contributed by atoms with Crippen LogP contribution in [0.25, 0.3) is 11.1 Å². The number of halogens is 2. The summed E-state index contributed by atoms with van der Waals surface area (Å²) >= 11 is 14.0. The van der Waals surface area contributed by atoms with Crippen LogP contribution in [0.1, 0.15) is 102 Å². The van der Waals surface area contributed by atoms with Crippen LogP contribution < -0.4 is 10.6 Å². The molecule has 3 N–H and O–H groups in total. The van der Waals surface area contributed by atoms with Gasteiger partial charge in [0, 0.05) is 81.7 Å². The van der Waals surface area contributed by atoms with Gasteiger partial charge in [-0.2, -0.15) is 0 Å². The third kappa shape index (κ3) is 7.73. The number of nitrogens with zero attached hydrogens (tertiary/aromatic N) is 6. The smallest absolute Gasteiger partial charge is 0.306 e. The molecule has 2 fully saturated rings. The minimum Gasteiger partial charge on any atom is -0.481 e. The number of nitrogens with one attached hydrogen (secondary N) is 2. The topological polar surface area (TPSA) is 138 Å². The summed E-state index contributed by atoms with van der Waals surface area (Å²) in [6.45, 7) is 4.24. The van der Waals surface area contributed by atoms with Gasteiger partial charge in [0.1, 0.15) is 0 Å². The van der Waals surface area contributed by atoms with E-state index in [1.54, 1.807) is 18.2 Å². The van der Waals surface area contributed by atoms with Crippen molar-refractivity contribution in [1.29, 1.82) is 0 Å². The summed E-state index contributed by atoms with van der Waals surface area (Å²) in [7, 11) is 3.78. The Morgan fingerprint density at radius 3 is 1.84 bits per heavy atom. The van der Waals surface area contributed by atoms with Gasteiger partial charge in [0.05, 0.1) is 38.7 Å². The van der Waals surface area contributed by atoms with Crippen LogP contribution in [0.15, 0.2) is 36.4 Å². The molecule has 0 atom stereocenters. The summed E-state index contributed by atoms with van der Waals surface area (Å²) in [5.74, 6) is -0.334. The van der Waals surface area contributed by atoms with E-state index in [4.69, 9.17) is 33.2 Å². The van der Waals surface area contributed by atoms with E-state index in [1.807, 2.05) is 41.4 Å². The van der Waals surface area contributed by atoms with E-state index in [0.29, 0.717) is 62.7 Å². The largest absolute Gasteiger partial charge is 0.481 e. The number of amides is 2. The fraction of sp³-hybridized carbons (Fsp3) is 0.500. The van der Waals surface area contributed by atoms with Crippen molar-refractivity contribution in [2.24, 2.45) is 25.9 Å². The molecule has 0 bridgehead atoms. The van der Waals surface area contributed by atoms with Crippen LogP contribution in [0.5, 0.6) is 0 Å². The molecule has 8 rings (SSSR count). The molecule has 2 aromatic heterocycles. The highest BCUT2D eigenvalue weighted by atomic mass is 35.5. The molecule has 2 aromatic carbocycles. The van der Waals surface area contributed by atoms with Crippen LogP contribution in [0, 0.1) is 11.8 Å². The van der Waals surface area contributed by atoms with Crippen molar-refractivity contribution in [3.63, 3.8) is 0 Å². The number of hydrogen-bond donors (Lipinski definition) is 3. The number of imidazole rings is 2.